The normalized spacial score (nSPS) is 20.6. The molecule has 0 saturated carbocycles. The third-order valence-corrected chi connectivity index (χ3v) is 3.23. The van der Waals surface area contributed by atoms with Crippen molar-refractivity contribution in [1.82, 2.24) is 10.2 Å². The molecule has 0 aromatic rings. The number of nitrogens with zero attached hydrogens (tertiary/aromatic N) is 1. The Hall–Kier alpha value is -0.610. The summed E-state index contributed by atoms with van der Waals surface area (Å²) in [5.41, 5.74) is 0. The number of piperidine rings is 1. The van der Waals surface area contributed by atoms with Crippen LogP contribution in [0.15, 0.2) is 0 Å². The lowest BCUT2D eigenvalue weighted by molar-refractivity contribution is -0.132. The highest BCUT2D eigenvalue weighted by Crippen LogP contribution is 2.15. The first kappa shape index (κ1) is 14.5. The first-order chi connectivity index (χ1) is 8.24. The molecule has 1 heterocycles. The van der Waals surface area contributed by atoms with Gasteiger partial charge >= 0.3 is 0 Å². The topological polar surface area (TPSA) is 41.6 Å². The highest BCUT2D eigenvalue weighted by Gasteiger charge is 2.19. The van der Waals surface area contributed by atoms with Crippen LogP contribution in [0.5, 0.6) is 0 Å². The minimum absolute atomic E-state index is 0.302. The van der Waals surface area contributed by atoms with E-state index in [-0.39, 0.29) is 0 Å². The van der Waals surface area contributed by atoms with Gasteiger partial charge in [-0.1, -0.05) is 6.92 Å². The average molecular weight is 242 g/mol. The Bertz CT molecular complexity index is 221. The van der Waals surface area contributed by atoms with Crippen molar-refractivity contribution in [3.8, 4) is 0 Å². The van der Waals surface area contributed by atoms with Gasteiger partial charge in [-0.2, -0.15) is 0 Å². The molecule has 4 heteroatoms. The first-order valence-electron chi connectivity index (χ1n) is 6.71. The van der Waals surface area contributed by atoms with E-state index in [2.05, 4.69) is 12.2 Å². The van der Waals surface area contributed by atoms with Gasteiger partial charge in [-0.15, -0.1) is 0 Å². The number of carbonyl (C=O) groups excluding carboxylic acids is 1. The molecule has 1 unspecified atom stereocenters. The summed E-state index contributed by atoms with van der Waals surface area (Å²) < 4.78 is 4.96. The Balaban J connectivity index is 2.04. The molecule has 100 valence electrons. The van der Waals surface area contributed by atoms with E-state index in [1.165, 1.54) is 6.42 Å². The fourth-order valence-electron chi connectivity index (χ4n) is 2.24. The van der Waals surface area contributed by atoms with Gasteiger partial charge in [0, 0.05) is 39.8 Å². The van der Waals surface area contributed by atoms with Crippen LogP contribution in [0.1, 0.15) is 32.6 Å². The molecule has 1 aliphatic rings. The molecule has 1 N–H and O–H groups in total. The molecule has 0 aromatic carbocycles. The van der Waals surface area contributed by atoms with Crippen LogP contribution in [0.25, 0.3) is 0 Å². The van der Waals surface area contributed by atoms with Crippen LogP contribution >= 0.6 is 0 Å². The lowest BCUT2D eigenvalue weighted by Gasteiger charge is -2.31. The molecule has 1 rings (SSSR count). The van der Waals surface area contributed by atoms with E-state index in [1.807, 2.05) is 4.90 Å². The number of likely N-dealkylation sites (tertiary alicyclic amines) is 1. The van der Waals surface area contributed by atoms with Crippen LogP contribution in [0.3, 0.4) is 0 Å². The zero-order valence-electron chi connectivity index (χ0n) is 11.2. The highest BCUT2D eigenvalue weighted by atomic mass is 16.5. The standard InChI is InChI=1S/C13H26N2O2/c1-12-5-3-9-15(11-12)13(16)6-8-14-7-4-10-17-2/h12,14H,3-11H2,1-2H3. The van der Waals surface area contributed by atoms with Crippen LogP contribution in [0.4, 0.5) is 0 Å². The van der Waals surface area contributed by atoms with Gasteiger partial charge < -0.3 is 15.0 Å². The lowest BCUT2D eigenvalue weighted by Crippen LogP contribution is -2.40. The molecule has 1 amide bonds. The summed E-state index contributed by atoms with van der Waals surface area (Å²) in [5, 5.41) is 3.27. The van der Waals surface area contributed by atoms with Gasteiger partial charge in [0.15, 0.2) is 0 Å². The molecule has 1 atom stereocenters. The van der Waals surface area contributed by atoms with E-state index in [0.717, 1.165) is 45.6 Å². The Labute approximate surface area is 105 Å². The monoisotopic (exact) mass is 242 g/mol. The Morgan fingerprint density at radius 1 is 1.47 bits per heavy atom. The number of hydrogen-bond acceptors (Lipinski definition) is 3. The van der Waals surface area contributed by atoms with Gasteiger partial charge in [-0.3, -0.25) is 4.79 Å². The molecule has 0 aromatic heterocycles. The van der Waals surface area contributed by atoms with Crippen LogP contribution in [0, 0.1) is 5.92 Å². The van der Waals surface area contributed by atoms with Gasteiger partial charge in [-0.25, -0.2) is 0 Å². The predicted molar refractivity (Wildman–Crippen MR) is 69.0 cm³/mol. The second-order valence-electron chi connectivity index (χ2n) is 4.93. The maximum atomic E-state index is 11.9. The van der Waals surface area contributed by atoms with E-state index in [4.69, 9.17) is 4.74 Å². The van der Waals surface area contributed by atoms with Crippen molar-refractivity contribution >= 4 is 5.91 Å². The molecule has 1 aliphatic heterocycles. The fraction of sp³-hybridized carbons (Fsp3) is 0.923. The van der Waals surface area contributed by atoms with Gasteiger partial charge in [0.25, 0.3) is 0 Å². The summed E-state index contributed by atoms with van der Waals surface area (Å²) >= 11 is 0. The zero-order valence-corrected chi connectivity index (χ0v) is 11.2. The van der Waals surface area contributed by atoms with Crippen molar-refractivity contribution in [3.63, 3.8) is 0 Å². The molecule has 0 bridgehead atoms. The number of amides is 1. The van der Waals surface area contributed by atoms with Crippen molar-refractivity contribution in [2.75, 3.05) is 39.9 Å². The number of nitrogens with one attached hydrogen (secondary N) is 1. The van der Waals surface area contributed by atoms with E-state index in [1.54, 1.807) is 7.11 Å². The smallest absolute Gasteiger partial charge is 0.223 e. The first-order valence-corrected chi connectivity index (χ1v) is 6.71. The highest BCUT2D eigenvalue weighted by molar-refractivity contribution is 5.76. The maximum absolute atomic E-state index is 11.9. The number of methoxy groups -OCH3 is 1. The van der Waals surface area contributed by atoms with Crippen LogP contribution in [-0.4, -0.2) is 50.7 Å². The Kier molecular flexibility index (Phi) is 7.21. The second-order valence-corrected chi connectivity index (χ2v) is 4.93. The molecular formula is C13H26N2O2. The molecular weight excluding hydrogens is 216 g/mol. The molecule has 0 spiro atoms. The lowest BCUT2D eigenvalue weighted by atomic mass is 10.00. The summed E-state index contributed by atoms with van der Waals surface area (Å²) in [6.07, 6.45) is 4.05. The number of carbonyl (C=O) groups is 1. The Morgan fingerprint density at radius 2 is 2.29 bits per heavy atom. The van der Waals surface area contributed by atoms with E-state index >= 15 is 0 Å². The molecule has 0 radical (unpaired) electrons. The molecule has 1 saturated heterocycles. The molecule has 4 nitrogen and oxygen atoms in total. The zero-order chi connectivity index (χ0) is 12.5. The van der Waals surface area contributed by atoms with Gasteiger partial charge in [0.05, 0.1) is 0 Å². The van der Waals surface area contributed by atoms with Crippen LogP contribution in [0.2, 0.25) is 0 Å². The van der Waals surface area contributed by atoms with Crippen molar-refractivity contribution in [3.05, 3.63) is 0 Å². The van der Waals surface area contributed by atoms with E-state index < -0.39 is 0 Å². The van der Waals surface area contributed by atoms with Crippen molar-refractivity contribution in [2.24, 2.45) is 5.92 Å². The van der Waals surface area contributed by atoms with Crippen LogP contribution < -0.4 is 5.32 Å². The molecule has 1 fully saturated rings. The average Bonchev–Trinajstić information content (AvgIpc) is 2.33. The van der Waals surface area contributed by atoms with Gasteiger partial charge in [0.2, 0.25) is 5.91 Å². The van der Waals surface area contributed by atoms with Gasteiger partial charge in [0.1, 0.15) is 0 Å². The number of hydrogen-bond donors (Lipinski definition) is 1. The summed E-state index contributed by atoms with van der Waals surface area (Å²) in [5.74, 6) is 0.971. The summed E-state index contributed by atoms with van der Waals surface area (Å²) in [6, 6.07) is 0. The number of ether oxygens (including phenoxy) is 1. The van der Waals surface area contributed by atoms with Crippen molar-refractivity contribution in [2.45, 2.75) is 32.6 Å². The van der Waals surface area contributed by atoms with E-state index in [9.17, 15) is 4.79 Å². The van der Waals surface area contributed by atoms with E-state index in [0.29, 0.717) is 18.2 Å². The number of rotatable bonds is 7. The predicted octanol–water partition coefficient (Wildman–Crippen LogP) is 1.26. The largest absolute Gasteiger partial charge is 0.385 e. The third kappa shape index (κ3) is 6.03. The minimum Gasteiger partial charge on any atom is -0.385 e. The summed E-state index contributed by atoms with van der Waals surface area (Å²) in [4.78, 5) is 13.9. The third-order valence-electron chi connectivity index (χ3n) is 3.23. The summed E-state index contributed by atoms with van der Waals surface area (Å²) in [7, 11) is 1.71. The van der Waals surface area contributed by atoms with Crippen LogP contribution in [-0.2, 0) is 9.53 Å². The second kappa shape index (κ2) is 8.48. The summed E-state index contributed by atoms with van der Waals surface area (Å²) in [6.45, 7) is 6.62. The SMILES string of the molecule is COCCCNCCC(=O)N1CCCC(C)C1. The maximum Gasteiger partial charge on any atom is 0.223 e. The van der Waals surface area contributed by atoms with Crippen molar-refractivity contribution < 1.29 is 9.53 Å². The molecule has 0 aliphatic carbocycles. The molecule has 17 heavy (non-hydrogen) atoms. The van der Waals surface area contributed by atoms with Crippen molar-refractivity contribution in [1.29, 1.82) is 0 Å². The minimum atomic E-state index is 0.302. The van der Waals surface area contributed by atoms with Gasteiger partial charge in [-0.05, 0) is 31.7 Å². The quantitative estimate of drug-likeness (QED) is 0.683. The Morgan fingerprint density at radius 3 is 3.00 bits per heavy atom. The fourth-order valence-corrected chi connectivity index (χ4v) is 2.24.